The molecule has 0 bridgehead atoms. The summed E-state index contributed by atoms with van der Waals surface area (Å²) in [5.74, 6) is -2.14. The second-order valence-corrected chi connectivity index (χ2v) is 5.31. The number of aromatic hydroxyl groups is 2. The van der Waals surface area contributed by atoms with Crippen LogP contribution in [0.4, 0.5) is 5.69 Å². The quantitative estimate of drug-likeness (QED) is 0.319. The van der Waals surface area contributed by atoms with Gasteiger partial charge in [-0.25, -0.2) is 4.98 Å². The molecule has 25 heavy (non-hydrogen) atoms. The van der Waals surface area contributed by atoms with Crippen LogP contribution in [-0.2, 0) is 6.54 Å². The molecule has 0 aliphatic carbocycles. The monoisotopic (exact) mass is 339 g/mol. The van der Waals surface area contributed by atoms with Crippen molar-refractivity contribution < 1.29 is 19.9 Å². The molecule has 0 spiro atoms. The van der Waals surface area contributed by atoms with E-state index >= 15 is 0 Å². The first-order chi connectivity index (χ1) is 12.0. The molecule has 3 rings (SSSR count). The molecular formula is C17H13N3O5. The largest absolute Gasteiger partial charge is 0.504 e. The number of nitrogens with zero attached hydrogens (tertiary/aromatic N) is 3. The molecule has 0 aliphatic rings. The van der Waals surface area contributed by atoms with E-state index in [-0.39, 0.29) is 11.4 Å². The zero-order valence-corrected chi connectivity index (χ0v) is 12.9. The Morgan fingerprint density at radius 2 is 1.92 bits per heavy atom. The van der Waals surface area contributed by atoms with E-state index in [0.29, 0.717) is 6.54 Å². The normalized spacial score (nSPS) is 10.6. The minimum atomic E-state index is -0.880. The van der Waals surface area contributed by atoms with Crippen molar-refractivity contribution in [3.63, 3.8) is 0 Å². The molecule has 8 nitrogen and oxygen atoms in total. The SMILES string of the molecule is O=C(c1cc(O)c(O)c([N+](=O)[O-])c1)c1nccn1Cc1ccccc1. The van der Waals surface area contributed by atoms with E-state index in [1.807, 2.05) is 30.3 Å². The Balaban J connectivity index is 1.98. The smallest absolute Gasteiger partial charge is 0.315 e. The number of rotatable bonds is 5. The maximum absolute atomic E-state index is 12.7. The fourth-order valence-corrected chi connectivity index (χ4v) is 2.43. The van der Waals surface area contributed by atoms with Gasteiger partial charge in [-0.15, -0.1) is 0 Å². The summed E-state index contributed by atoms with van der Waals surface area (Å²) in [4.78, 5) is 26.7. The van der Waals surface area contributed by atoms with Crippen LogP contribution in [0.3, 0.4) is 0 Å². The van der Waals surface area contributed by atoms with Crippen LogP contribution in [0.2, 0.25) is 0 Å². The molecule has 126 valence electrons. The van der Waals surface area contributed by atoms with Crippen LogP contribution in [0.5, 0.6) is 11.5 Å². The number of carbonyl (C=O) groups excluding carboxylic acids is 1. The third-order valence-electron chi connectivity index (χ3n) is 3.64. The molecule has 3 aromatic rings. The fraction of sp³-hybridized carbons (Fsp3) is 0.0588. The maximum atomic E-state index is 12.7. The van der Waals surface area contributed by atoms with Crippen molar-refractivity contribution in [1.29, 1.82) is 0 Å². The van der Waals surface area contributed by atoms with E-state index in [1.54, 1.807) is 10.8 Å². The number of nitro groups is 1. The molecule has 1 aromatic heterocycles. The van der Waals surface area contributed by atoms with Gasteiger partial charge in [0.1, 0.15) is 0 Å². The van der Waals surface area contributed by atoms with E-state index in [0.717, 1.165) is 17.7 Å². The first-order valence-electron chi connectivity index (χ1n) is 7.27. The average molecular weight is 339 g/mol. The van der Waals surface area contributed by atoms with Crippen LogP contribution in [0.25, 0.3) is 0 Å². The fourth-order valence-electron chi connectivity index (χ4n) is 2.43. The van der Waals surface area contributed by atoms with Crippen LogP contribution in [0.1, 0.15) is 21.7 Å². The Morgan fingerprint density at radius 1 is 1.20 bits per heavy atom. The lowest BCUT2D eigenvalue weighted by Crippen LogP contribution is -2.12. The number of hydrogen-bond acceptors (Lipinski definition) is 6. The highest BCUT2D eigenvalue weighted by Crippen LogP contribution is 2.36. The van der Waals surface area contributed by atoms with Gasteiger partial charge >= 0.3 is 5.69 Å². The van der Waals surface area contributed by atoms with Crippen LogP contribution in [-0.4, -0.2) is 30.5 Å². The lowest BCUT2D eigenvalue weighted by atomic mass is 10.1. The van der Waals surface area contributed by atoms with Crippen molar-refractivity contribution in [2.24, 2.45) is 0 Å². The molecule has 0 aliphatic heterocycles. The van der Waals surface area contributed by atoms with Crippen molar-refractivity contribution >= 4 is 11.5 Å². The third-order valence-corrected chi connectivity index (χ3v) is 3.64. The van der Waals surface area contributed by atoms with E-state index in [9.17, 15) is 25.1 Å². The van der Waals surface area contributed by atoms with Crippen molar-refractivity contribution in [3.05, 3.63) is 81.9 Å². The minimum absolute atomic E-state index is 0.0724. The van der Waals surface area contributed by atoms with E-state index < -0.39 is 27.9 Å². The van der Waals surface area contributed by atoms with Crippen molar-refractivity contribution in [1.82, 2.24) is 9.55 Å². The van der Waals surface area contributed by atoms with Gasteiger partial charge in [-0.1, -0.05) is 30.3 Å². The van der Waals surface area contributed by atoms with Crippen LogP contribution in [0.15, 0.2) is 54.9 Å². The molecule has 2 aromatic carbocycles. The number of phenolic OH excluding ortho intramolecular Hbond substituents is 2. The van der Waals surface area contributed by atoms with Gasteiger partial charge in [-0.2, -0.15) is 0 Å². The standard InChI is InChI=1S/C17H13N3O5/c21-14-9-12(8-13(16(14)23)20(24)25)15(22)17-18-6-7-19(17)10-11-4-2-1-3-5-11/h1-9,21,23H,10H2. The molecule has 8 heteroatoms. The summed E-state index contributed by atoms with van der Waals surface area (Å²) in [6, 6.07) is 11.3. The molecule has 0 saturated heterocycles. The lowest BCUT2D eigenvalue weighted by Gasteiger charge is -2.08. The van der Waals surface area contributed by atoms with E-state index in [1.165, 1.54) is 6.20 Å². The van der Waals surface area contributed by atoms with Gasteiger partial charge in [0, 0.05) is 30.6 Å². The van der Waals surface area contributed by atoms with E-state index in [2.05, 4.69) is 4.98 Å². The Bertz CT molecular complexity index is 950. The number of ketones is 1. The summed E-state index contributed by atoms with van der Waals surface area (Å²) in [5, 5.41) is 30.1. The van der Waals surface area contributed by atoms with Crippen LogP contribution < -0.4 is 0 Å². The molecule has 0 unspecified atom stereocenters. The highest BCUT2D eigenvalue weighted by molar-refractivity contribution is 6.07. The lowest BCUT2D eigenvalue weighted by molar-refractivity contribution is -0.386. The number of imidazole rings is 1. The molecule has 0 saturated carbocycles. The molecule has 0 atom stereocenters. The van der Waals surface area contributed by atoms with Crippen molar-refractivity contribution in [2.45, 2.75) is 6.54 Å². The first kappa shape index (κ1) is 16.2. The number of aromatic nitrogens is 2. The van der Waals surface area contributed by atoms with Gasteiger partial charge in [0.25, 0.3) is 0 Å². The third kappa shape index (κ3) is 3.18. The molecule has 0 fully saturated rings. The van der Waals surface area contributed by atoms with Gasteiger partial charge < -0.3 is 14.8 Å². The van der Waals surface area contributed by atoms with Crippen molar-refractivity contribution in [2.75, 3.05) is 0 Å². The topological polar surface area (TPSA) is 118 Å². The number of hydrogen-bond donors (Lipinski definition) is 2. The minimum Gasteiger partial charge on any atom is -0.504 e. The summed E-state index contributed by atoms with van der Waals surface area (Å²) in [6.07, 6.45) is 3.07. The second-order valence-electron chi connectivity index (χ2n) is 5.31. The maximum Gasteiger partial charge on any atom is 0.315 e. The Hall–Kier alpha value is -3.68. The summed E-state index contributed by atoms with van der Waals surface area (Å²) in [6.45, 7) is 0.397. The van der Waals surface area contributed by atoms with Gasteiger partial charge in [-0.3, -0.25) is 14.9 Å². The van der Waals surface area contributed by atoms with Crippen LogP contribution in [0, 0.1) is 10.1 Å². The summed E-state index contributed by atoms with van der Waals surface area (Å²) >= 11 is 0. The summed E-state index contributed by atoms with van der Waals surface area (Å²) in [7, 11) is 0. The number of phenols is 2. The van der Waals surface area contributed by atoms with Gasteiger partial charge in [-0.05, 0) is 11.6 Å². The second kappa shape index (κ2) is 6.44. The predicted molar refractivity (Wildman–Crippen MR) is 87.6 cm³/mol. The van der Waals surface area contributed by atoms with Gasteiger partial charge in [0.2, 0.25) is 11.5 Å². The number of carbonyl (C=O) groups is 1. The predicted octanol–water partition coefficient (Wildman–Crippen LogP) is 2.48. The van der Waals surface area contributed by atoms with Crippen molar-refractivity contribution in [3.8, 4) is 11.5 Å². The molecule has 2 N–H and O–H groups in total. The van der Waals surface area contributed by atoms with Crippen LogP contribution >= 0.6 is 0 Å². The average Bonchev–Trinajstić information content (AvgIpc) is 3.05. The van der Waals surface area contributed by atoms with Gasteiger partial charge in [0.05, 0.1) is 4.92 Å². The molecular weight excluding hydrogens is 326 g/mol. The highest BCUT2D eigenvalue weighted by atomic mass is 16.6. The number of benzene rings is 2. The summed E-state index contributed by atoms with van der Waals surface area (Å²) < 4.78 is 1.60. The summed E-state index contributed by atoms with van der Waals surface area (Å²) in [5.41, 5.74) is 0.0705. The Kier molecular flexibility index (Phi) is 4.17. The van der Waals surface area contributed by atoms with Gasteiger partial charge in [0.15, 0.2) is 11.6 Å². The first-order valence-corrected chi connectivity index (χ1v) is 7.27. The Morgan fingerprint density at radius 3 is 2.60 bits per heavy atom. The Labute approximate surface area is 141 Å². The van der Waals surface area contributed by atoms with E-state index in [4.69, 9.17) is 0 Å². The highest BCUT2D eigenvalue weighted by Gasteiger charge is 2.24. The zero-order chi connectivity index (χ0) is 18.0. The number of nitro benzene ring substituents is 1. The molecule has 0 radical (unpaired) electrons. The zero-order valence-electron chi connectivity index (χ0n) is 12.9. The molecule has 1 heterocycles. The molecule has 0 amide bonds.